The number of hydrogen-bond donors (Lipinski definition) is 1. The Morgan fingerprint density at radius 3 is 2.36 bits per heavy atom. The zero-order chi connectivity index (χ0) is 23.5. The van der Waals surface area contributed by atoms with Crippen molar-refractivity contribution in [2.75, 3.05) is 4.90 Å². The van der Waals surface area contributed by atoms with Gasteiger partial charge in [-0.15, -0.1) is 0 Å². The zero-order valence-corrected chi connectivity index (χ0v) is 18.4. The lowest BCUT2D eigenvalue weighted by atomic mass is 10.1. The third-order valence-corrected chi connectivity index (χ3v) is 5.26. The van der Waals surface area contributed by atoms with E-state index in [0.29, 0.717) is 26.3 Å². The number of imide groups is 2. The Labute approximate surface area is 198 Å². The highest BCUT2D eigenvalue weighted by Crippen LogP contribution is 2.29. The van der Waals surface area contributed by atoms with Crippen molar-refractivity contribution in [3.63, 3.8) is 0 Å². The number of benzene rings is 3. The second kappa shape index (κ2) is 9.44. The van der Waals surface area contributed by atoms with E-state index in [1.807, 2.05) is 0 Å². The van der Waals surface area contributed by atoms with Gasteiger partial charge in [-0.1, -0.05) is 47.5 Å². The molecule has 0 atom stereocenters. The molecule has 0 saturated carbocycles. The molecule has 1 heterocycles. The van der Waals surface area contributed by atoms with Gasteiger partial charge in [0.2, 0.25) is 0 Å². The summed E-state index contributed by atoms with van der Waals surface area (Å²) in [5.74, 6) is -2.33. The second-order valence-corrected chi connectivity index (χ2v) is 7.88. The van der Waals surface area contributed by atoms with Crippen LogP contribution >= 0.6 is 23.2 Å². The van der Waals surface area contributed by atoms with Crippen LogP contribution in [0, 0.1) is 5.82 Å². The first kappa shape index (κ1) is 22.5. The van der Waals surface area contributed by atoms with Crippen LogP contribution in [0.25, 0.3) is 6.08 Å². The lowest BCUT2D eigenvalue weighted by Gasteiger charge is -2.26. The SMILES string of the molecule is O=C1NC(=O)N(c2ccccc2F)C(=O)/C1=C\c1cc(Cl)ccc1OCc1ccc(Cl)cc1. The second-order valence-electron chi connectivity index (χ2n) is 7.01. The van der Waals surface area contributed by atoms with Crippen LogP contribution in [0.2, 0.25) is 10.0 Å². The van der Waals surface area contributed by atoms with E-state index in [-0.39, 0.29) is 17.9 Å². The first-order chi connectivity index (χ1) is 15.8. The van der Waals surface area contributed by atoms with Gasteiger partial charge in [0.1, 0.15) is 23.7 Å². The molecule has 166 valence electrons. The van der Waals surface area contributed by atoms with Crippen LogP contribution in [0.1, 0.15) is 11.1 Å². The number of nitrogens with one attached hydrogen (secondary N) is 1. The minimum absolute atomic E-state index is 0.189. The number of carbonyl (C=O) groups is 3. The number of rotatable bonds is 5. The van der Waals surface area contributed by atoms with Crippen LogP contribution in [0.15, 0.2) is 72.3 Å². The number of carbonyl (C=O) groups excluding carboxylic acids is 3. The Hall–Kier alpha value is -3.68. The molecule has 0 aliphatic carbocycles. The molecule has 4 rings (SSSR count). The Bertz CT molecular complexity index is 1290. The molecule has 1 aliphatic heterocycles. The molecule has 1 aliphatic rings. The van der Waals surface area contributed by atoms with Crippen molar-refractivity contribution in [2.45, 2.75) is 6.61 Å². The van der Waals surface area contributed by atoms with E-state index in [1.54, 1.807) is 36.4 Å². The lowest BCUT2D eigenvalue weighted by Crippen LogP contribution is -2.54. The Morgan fingerprint density at radius 2 is 1.64 bits per heavy atom. The van der Waals surface area contributed by atoms with Crippen LogP contribution in [0.5, 0.6) is 5.75 Å². The van der Waals surface area contributed by atoms with Crippen molar-refractivity contribution in [1.82, 2.24) is 5.32 Å². The van der Waals surface area contributed by atoms with Crippen molar-refractivity contribution in [2.24, 2.45) is 0 Å². The summed E-state index contributed by atoms with van der Waals surface area (Å²) in [7, 11) is 0. The Balaban J connectivity index is 1.68. The predicted molar refractivity (Wildman–Crippen MR) is 123 cm³/mol. The van der Waals surface area contributed by atoms with Crippen LogP contribution in [-0.2, 0) is 16.2 Å². The van der Waals surface area contributed by atoms with E-state index in [9.17, 15) is 18.8 Å². The quantitative estimate of drug-likeness (QED) is 0.389. The van der Waals surface area contributed by atoms with E-state index < -0.39 is 23.7 Å². The van der Waals surface area contributed by atoms with Crippen molar-refractivity contribution in [1.29, 1.82) is 0 Å². The van der Waals surface area contributed by atoms with Crippen molar-refractivity contribution >= 4 is 52.8 Å². The highest BCUT2D eigenvalue weighted by atomic mass is 35.5. The minimum atomic E-state index is -1.04. The van der Waals surface area contributed by atoms with Crippen molar-refractivity contribution in [3.8, 4) is 5.75 Å². The molecule has 0 unspecified atom stereocenters. The van der Waals surface area contributed by atoms with E-state index >= 15 is 0 Å². The van der Waals surface area contributed by atoms with Gasteiger partial charge in [0, 0.05) is 15.6 Å². The molecule has 3 aromatic carbocycles. The molecule has 1 fully saturated rings. The Kier molecular flexibility index (Phi) is 6.44. The number of anilines is 1. The number of ether oxygens (including phenoxy) is 1. The molecule has 3 aromatic rings. The number of urea groups is 1. The number of para-hydroxylation sites is 1. The maximum Gasteiger partial charge on any atom is 0.336 e. The lowest BCUT2D eigenvalue weighted by molar-refractivity contribution is -0.122. The minimum Gasteiger partial charge on any atom is -0.488 e. The number of halogens is 3. The number of amides is 4. The van der Waals surface area contributed by atoms with Gasteiger partial charge in [-0.25, -0.2) is 14.1 Å². The standard InChI is InChI=1S/C24H15Cl2FN2O4/c25-16-7-5-14(6-8-16)13-33-21-10-9-17(26)11-15(21)12-18-22(30)28-24(32)29(23(18)31)20-4-2-1-3-19(20)27/h1-12H,13H2,(H,28,30,32)/b18-12-. The van der Waals surface area contributed by atoms with E-state index in [1.165, 1.54) is 30.3 Å². The summed E-state index contributed by atoms with van der Waals surface area (Å²) in [4.78, 5) is 38.4. The monoisotopic (exact) mass is 484 g/mol. The third-order valence-electron chi connectivity index (χ3n) is 4.77. The fraction of sp³-hybridized carbons (Fsp3) is 0.0417. The van der Waals surface area contributed by atoms with Gasteiger partial charge in [-0.05, 0) is 54.1 Å². The third kappa shape index (κ3) is 4.89. The number of nitrogens with zero attached hydrogens (tertiary/aromatic N) is 1. The highest BCUT2D eigenvalue weighted by Gasteiger charge is 2.38. The van der Waals surface area contributed by atoms with Crippen LogP contribution < -0.4 is 15.0 Å². The fourth-order valence-electron chi connectivity index (χ4n) is 3.17. The predicted octanol–water partition coefficient (Wildman–Crippen LogP) is 5.38. The zero-order valence-electron chi connectivity index (χ0n) is 16.8. The molecule has 0 radical (unpaired) electrons. The van der Waals surface area contributed by atoms with E-state index in [4.69, 9.17) is 27.9 Å². The van der Waals surface area contributed by atoms with Crippen molar-refractivity contribution in [3.05, 3.63) is 99.3 Å². The number of barbiturate groups is 1. The summed E-state index contributed by atoms with van der Waals surface area (Å²) >= 11 is 12.0. The van der Waals surface area contributed by atoms with E-state index in [2.05, 4.69) is 5.32 Å². The molecule has 4 amide bonds. The molecule has 6 nitrogen and oxygen atoms in total. The summed E-state index contributed by atoms with van der Waals surface area (Å²) in [5, 5.41) is 2.99. The van der Waals surface area contributed by atoms with Crippen LogP contribution in [0.4, 0.5) is 14.9 Å². The molecule has 1 N–H and O–H groups in total. The molecular weight excluding hydrogens is 470 g/mol. The van der Waals surface area contributed by atoms with Crippen molar-refractivity contribution < 1.29 is 23.5 Å². The molecule has 0 aromatic heterocycles. The van der Waals surface area contributed by atoms with Gasteiger partial charge < -0.3 is 4.74 Å². The van der Waals surface area contributed by atoms with Gasteiger partial charge in [-0.3, -0.25) is 14.9 Å². The van der Waals surface area contributed by atoms with Gasteiger partial charge in [-0.2, -0.15) is 0 Å². The van der Waals surface area contributed by atoms with Gasteiger partial charge in [0.05, 0.1) is 5.69 Å². The molecule has 0 bridgehead atoms. The molecule has 1 saturated heterocycles. The summed E-state index contributed by atoms with van der Waals surface area (Å²) in [6.07, 6.45) is 1.25. The average Bonchev–Trinajstić information content (AvgIpc) is 2.78. The fourth-order valence-corrected chi connectivity index (χ4v) is 3.48. The molecule has 9 heteroatoms. The van der Waals surface area contributed by atoms with Gasteiger partial charge in [0.25, 0.3) is 11.8 Å². The topological polar surface area (TPSA) is 75.7 Å². The smallest absolute Gasteiger partial charge is 0.336 e. The van der Waals surface area contributed by atoms with Crippen LogP contribution in [-0.4, -0.2) is 17.8 Å². The summed E-state index contributed by atoms with van der Waals surface area (Å²) in [6.45, 7) is 0.189. The summed E-state index contributed by atoms with van der Waals surface area (Å²) < 4.78 is 20.1. The Morgan fingerprint density at radius 1 is 0.939 bits per heavy atom. The number of hydrogen-bond acceptors (Lipinski definition) is 4. The highest BCUT2D eigenvalue weighted by molar-refractivity contribution is 6.39. The molecule has 33 heavy (non-hydrogen) atoms. The largest absolute Gasteiger partial charge is 0.488 e. The maximum absolute atomic E-state index is 14.3. The molecular formula is C24H15Cl2FN2O4. The first-order valence-corrected chi connectivity index (χ1v) is 10.4. The van der Waals surface area contributed by atoms with Gasteiger partial charge in [0.15, 0.2) is 0 Å². The van der Waals surface area contributed by atoms with Crippen LogP contribution in [0.3, 0.4) is 0 Å². The summed E-state index contributed by atoms with van der Waals surface area (Å²) in [6, 6.07) is 16.0. The maximum atomic E-state index is 14.3. The first-order valence-electron chi connectivity index (χ1n) is 9.66. The van der Waals surface area contributed by atoms with Gasteiger partial charge >= 0.3 is 6.03 Å². The normalized spacial score (nSPS) is 15.1. The summed E-state index contributed by atoms with van der Waals surface area (Å²) in [5.41, 5.74) is 0.522. The van der Waals surface area contributed by atoms with E-state index in [0.717, 1.165) is 11.6 Å². The average molecular weight is 485 g/mol. The molecule has 0 spiro atoms.